The molecule has 0 aliphatic carbocycles. The van der Waals surface area contributed by atoms with Gasteiger partial charge in [0.1, 0.15) is 5.75 Å². The number of amides is 1. The van der Waals surface area contributed by atoms with Gasteiger partial charge < -0.3 is 15.0 Å². The molecule has 0 bridgehead atoms. The summed E-state index contributed by atoms with van der Waals surface area (Å²) in [6.07, 6.45) is 3.80. The van der Waals surface area contributed by atoms with Gasteiger partial charge in [0.2, 0.25) is 0 Å². The smallest absolute Gasteiger partial charge is 0.262 e. The van der Waals surface area contributed by atoms with Crippen molar-refractivity contribution in [3.63, 3.8) is 0 Å². The number of nitrogens with zero attached hydrogens (tertiary/aromatic N) is 1. The minimum Gasteiger partial charge on any atom is -0.483 e. The highest BCUT2D eigenvalue weighted by molar-refractivity contribution is 5.92. The van der Waals surface area contributed by atoms with Crippen molar-refractivity contribution in [1.29, 1.82) is 0 Å². The normalized spacial score (nSPS) is 17.0. The highest BCUT2D eigenvalue weighted by atomic mass is 16.5. The van der Waals surface area contributed by atoms with Crippen LogP contribution in [-0.2, 0) is 4.79 Å². The zero-order valence-electron chi connectivity index (χ0n) is 15.9. The second-order valence-corrected chi connectivity index (χ2v) is 7.19. The van der Waals surface area contributed by atoms with Crippen LogP contribution in [0.5, 0.6) is 5.75 Å². The predicted octanol–water partition coefficient (Wildman–Crippen LogP) is 4.70. The largest absolute Gasteiger partial charge is 0.483 e. The van der Waals surface area contributed by atoms with Crippen LogP contribution in [0, 0.1) is 13.8 Å². The number of carbonyl (C=O) groups excluding carboxylic acids is 1. The first-order valence-corrected chi connectivity index (χ1v) is 9.39. The summed E-state index contributed by atoms with van der Waals surface area (Å²) in [6, 6.07) is 14.6. The Balaban J connectivity index is 1.54. The number of hydrogen-bond acceptors (Lipinski definition) is 3. The molecule has 0 radical (unpaired) electrons. The molecule has 26 heavy (non-hydrogen) atoms. The number of benzene rings is 2. The Morgan fingerprint density at radius 3 is 2.62 bits per heavy atom. The molecule has 1 fully saturated rings. The van der Waals surface area contributed by atoms with Gasteiger partial charge >= 0.3 is 0 Å². The number of carbonyl (C=O) groups is 1. The molecule has 138 valence electrons. The van der Waals surface area contributed by atoms with Gasteiger partial charge in [0.25, 0.3) is 5.91 Å². The van der Waals surface area contributed by atoms with Gasteiger partial charge in [-0.05, 0) is 75.9 Å². The summed E-state index contributed by atoms with van der Waals surface area (Å²) in [5.41, 5.74) is 4.24. The number of hydrogen-bond donors (Lipinski definition) is 1. The van der Waals surface area contributed by atoms with E-state index >= 15 is 0 Å². The van der Waals surface area contributed by atoms with Crippen molar-refractivity contribution in [3.05, 3.63) is 53.6 Å². The molecule has 1 aliphatic heterocycles. The summed E-state index contributed by atoms with van der Waals surface area (Å²) in [4.78, 5) is 14.6. The Morgan fingerprint density at radius 2 is 1.92 bits per heavy atom. The molecule has 1 atom stereocenters. The van der Waals surface area contributed by atoms with E-state index in [4.69, 9.17) is 4.74 Å². The third kappa shape index (κ3) is 4.57. The summed E-state index contributed by atoms with van der Waals surface area (Å²) in [5.74, 6) is 0.601. The van der Waals surface area contributed by atoms with E-state index in [0.717, 1.165) is 23.5 Å². The van der Waals surface area contributed by atoms with E-state index in [2.05, 4.69) is 29.3 Å². The van der Waals surface area contributed by atoms with Crippen LogP contribution in [0.4, 0.5) is 11.4 Å². The average Bonchev–Trinajstić information content (AvgIpc) is 2.62. The lowest BCUT2D eigenvalue weighted by Gasteiger charge is -2.35. The van der Waals surface area contributed by atoms with Gasteiger partial charge in [-0.25, -0.2) is 0 Å². The van der Waals surface area contributed by atoms with Crippen molar-refractivity contribution in [1.82, 2.24) is 0 Å². The maximum absolute atomic E-state index is 12.2. The zero-order chi connectivity index (χ0) is 18.5. The summed E-state index contributed by atoms with van der Waals surface area (Å²) in [5, 5.41) is 2.90. The van der Waals surface area contributed by atoms with E-state index in [1.54, 1.807) is 0 Å². The average molecular weight is 352 g/mol. The fourth-order valence-corrected chi connectivity index (χ4v) is 3.52. The quantitative estimate of drug-likeness (QED) is 0.848. The maximum Gasteiger partial charge on any atom is 0.262 e. The van der Waals surface area contributed by atoms with E-state index in [1.165, 1.54) is 30.5 Å². The lowest BCUT2D eigenvalue weighted by atomic mass is 10.0. The highest BCUT2D eigenvalue weighted by Crippen LogP contribution is 2.26. The molecule has 0 spiro atoms. The van der Waals surface area contributed by atoms with Crippen LogP contribution in [0.25, 0.3) is 0 Å². The standard InChI is InChI=1S/C22H28N2O2/c1-16-7-12-21(17(2)14-16)26-15-22(25)23-19-8-10-20(11-9-19)24-13-5-4-6-18(24)3/h7-12,14,18H,4-6,13,15H2,1-3H3,(H,23,25)/t18-/m1/s1. The molecule has 1 aliphatic rings. The lowest BCUT2D eigenvalue weighted by molar-refractivity contribution is -0.118. The first kappa shape index (κ1) is 18.3. The van der Waals surface area contributed by atoms with E-state index in [0.29, 0.717) is 6.04 Å². The van der Waals surface area contributed by atoms with E-state index in [-0.39, 0.29) is 12.5 Å². The molecule has 2 aromatic carbocycles. The fraction of sp³-hybridized carbons (Fsp3) is 0.409. The first-order chi connectivity index (χ1) is 12.5. The second-order valence-electron chi connectivity index (χ2n) is 7.19. The Morgan fingerprint density at radius 1 is 1.15 bits per heavy atom. The van der Waals surface area contributed by atoms with Gasteiger partial charge in [-0.15, -0.1) is 0 Å². The van der Waals surface area contributed by atoms with Gasteiger partial charge in [0.15, 0.2) is 6.61 Å². The van der Waals surface area contributed by atoms with E-state index in [9.17, 15) is 4.79 Å². The summed E-state index contributed by atoms with van der Waals surface area (Å²) < 4.78 is 5.64. The van der Waals surface area contributed by atoms with Crippen molar-refractivity contribution in [2.45, 2.75) is 46.1 Å². The van der Waals surface area contributed by atoms with Crippen LogP contribution in [-0.4, -0.2) is 25.1 Å². The van der Waals surface area contributed by atoms with Crippen LogP contribution in [0.2, 0.25) is 0 Å². The lowest BCUT2D eigenvalue weighted by Crippen LogP contribution is -2.37. The van der Waals surface area contributed by atoms with Gasteiger partial charge in [0, 0.05) is 24.0 Å². The molecule has 1 saturated heterocycles. The Hall–Kier alpha value is -2.49. The summed E-state index contributed by atoms with van der Waals surface area (Å²) in [6.45, 7) is 7.42. The number of piperidine rings is 1. The van der Waals surface area contributed by atoms with Gasteiger partial charge in [0.05, 0.1) is 0 Å². The monoisotopic (exact) mass is 352 g/mol. The molecule has 4 heteroatoms. The van der Waals surface area contributed by atoms with Crippen LogP contribution < -0.4 is 15.0 Å². The molecule has 3 rings (SSSR count). The molecule has 1 amide bonds. The Kier molecular flexibility index (Phi) is 5.82. The van der Waals surface area contributed by atoms with Gasteiger partial charge in [-0.3, -0.25) is 4.79 Å². The summed E-state index contributed by atoms with van der Waals surface area (Å²) in [7, 11) is 0. The van der Waals surface area contributed by atoms with E-state index < -0.39 is 0 Å². The fourth-order valence-electron chi connectivity index (χ4n) is 3.52. The minimum absolute atomic E-state index is 0.00874. The number of aryl methyl sites for hydroxylation is 2. The molecule has 1 heterocycles. The zero-order valence-corrected chi connectivity index (χ0v) is 15.9. The molecular formula is C22H28N2O2. The first-order valence-electron chi connectivity index (χ1n) is 9.39. The molecule has 1 N–H and O–H groups in total. The van der Waals surface area contributed by atoms with Crippen LogP contribution in [0.1, 0.15) is 37.3 Å². The molecule has 0 aromatic heterocycles. The van der Waals surface area contributed by atoms with Crippen LogP contribution in [0.3, 0.4) is 0 Å². The topological polar surface area (TPSA) is 41.6 Å². The SMILES string of the molecule is Cc1ccc(OCC(=O)Nc2ccc(N3CCCC[C@H]3C)cc2)c(C)c1. The van der Waals surface area contributed by atoms with Crippen LogP contribution >= 0.6 is 0 Å². The molecule has 4 nitrogen and oxygen atoms in total. The predicted molar refractivity (Wildman–Crippen MR) is 107 cm³/mol. The minimum atomic E-state index is -0.149. The third-order valence-corrected chi connectivity index (χ3v) is 4.97. The number of anilines is 2. The van der Waals surface area contributed by atoms with Gasteiger partial charge in [-0.1, -0.05) is 17.7 Å². The molecule has 0 saturated carbocycles. The van der Waals surface area contributed by atoms with Crippen molar-refractivity contribution in [3.8, 4) is 5.75 Å². The van der Waals surface area contributed by atoms with Crippen molar-refractivity contribution < 1.29 is 9.53 Å². The Labute approximate surface area is 156 Å². The number of rotatable bonds is 5. The second kappa shape index (κ2) is 8.26. The number of nitrogens with one attached hydrogen (secondary N) is 1. The maximum atomic E-state index is 12.2. The van der Waals surface area contributed by atoms with Gasteiger partial charge in [-0.2, -0.15) is 0 Å². The third-order valence-electron chi connectivity index (χ3n) is 4.97. The van der Waals surface area contributed by atoms with E-state index in [1.807, 2.05) is 44.2 Å². The molecule has 0 unspecified atom stereocenters. The molecular weight excluding hydrogens is 324 g/mol. The van der Waals surface area contributed by atoms with Crippen LogP contribution in [0.15, 0.2) is 42.5 Å². The van der Waals surface area contributed by atoms with Crippen molar-refractivity contribution in [2.75, 3.05) is 23.4 Å². The van der Waals surface area contributed by atoms with Crippen molar-refractivity contribution >= 4 is 17.3 Å². The Bertz CT molecular complexity index is 755. The number of ether oxygens (including phenoxy) is 1. The highest BCUT2D eigenvalue weighted by Gasteiger charge is 2.18. The molecule has 2 aromatic rings. The summed E-state index contributed by atoms with van der Waals surface area (Å²) >= 11 is 0. The van der Waals surface area contributed by atoms with Crippen molar-refractivity contribution in [2.24, 2.45) is 0 Å².